The van der Waals surface area contributed by atoms with Crippen LogP contribution >= 0.6 is 0 Å². The van der Waals surface area contributed by atoms with Gasteiger partial charge in [0.15, 0.2) is 0 Å². The lowest BCUT2D eigenvalue weighted by atomic mass is 10.0. The van der Waals surface area contributed by atoms with E-state index in [0.717, 1.165) is 0 Å². The van der Waals surface area contributed by atoms with Crippen LogP contribution in [-0.2, 0) is 6.42 Å². The lowest BCUT2D eigenvalue weighted by Gasteiger charge is -2.09. The number of rotatable bonds is 3. The molecule has 1 aromatic heterocycles. The van der Waals surface area contributed by atoms with Crippen LogP contribution in [0.4, 0.5) is 4.39 Å². The molecule has 0 aliphatic heterocycles. The molecule has 0 unspecified atom stereocenters. The molecule has 0 radical (unpaired) electrons. The van der Waals surface area contributed by atoms with Gasteiger partial charge in [0, 0.05) is 6.42 Å². The SMILES string of the molecule is O=c1c(-c2cccc(F)c2)c(CCO)oc2ccccc12. The number of halogens is 1. The van der Waals surface area contributed by atoms with Gasteiger partial charge in [0.25, 0.3) is 0 Å². The van der Waals surface area contributed by atoms with Crippen LogP contribution < -0.4 is 5.43 Å². The Kier molecular flexibility index (Phi) is 3.54. The molecule has 0 spiro atoms. The van der Waals surface area contributed by atoms with Gasteiger partial charge in [-0.05, 0) is 29.8 Å². The Hall–Kier alpha value is -2.46. The first-order valence-electron chi connectivity index (χ1n) is 6.62. The van der Waals surface area contributed by atoms with Crippen molar-refractivity contribution in [3.8, 4) is 11.1 Å². The van der Waals surface area contributed by atoms with Crippen LogP contribution in [0.2, 0.25) is 0 Å². The Morgan fingerprint density at radius 3 is 2.67 bits per heavy atom. The van der Waals surface area contributed by atoms with E-state index in [2.05, 4.69) is 0 Å². The van der Waals surface area contributed by atoms with E-state index in [1.54, 1.807) is 36.4 Å². The number of para-hydroxylation sites is 1. The molecule has 0 amide bonds. The minimum Gasteiger partial charge on any atom is -0.460 e. The van der Waals surface area contributed by atoms with Gasteiger partial charge in [-0.25, -0.2) is 4.39 Å². The van der Waals surface area contributed by atoms with Gasteiger partial charge in [-0.15, -0.1) is 0 Å². The van der Waals surface area contributed by atoms with Gasteiger partial charge in [0.1, 0.15) is 17.2 Å². The summed E-state index contributed by atoms with van der Waals surface area (Å²) in [7, 11) is 0. The van der Waals surface area contributed by atoms with Crippen LogP contribution in [0.15, 0.2) is 57.7 Å². The van der Waals surface area contributed by atoms with E-state index in [1.165, 1.54) is 12.1 Å². The highest BCUT2D eigenvalue weighted by Gasteiger charge is 2.16. The molecule has 1 N–H and O–H groups in total. The zero-order chi connectivity index (χ0) is 14.8. The van der Waals surface area contributed by atoms with E-state index in [9.17, 15) is 14.3 Å². The molecule has 0 atom stereocenters. The van der Waals surface area contributed by atoms with Gasteiger partial charge in [-0.2, -0.15) is 0 Å². The first-order valence-corrected chi connectivity index (χ1v) is 6.62. The molecule has 0 bridgehead atoms. The smallest absolute Gasteiger partial charge is 0.200 e. The molecule has 0 saturated carbocycles. The first kappa shape index (κ1) is 13.5. The highest BCUT2D eigenvalue weighted by molar-refractivity contribution is 5.82. The number of hydrogen-bond donors (Lipinski definition) is 1. The average Bonchev–Trinajstić information content (AvgIpc) is 2.48. The largest absolute Gasteiger partial charge is 0.460 e. The fraction of sp³-hybridized carbons (Fsp3) is 0.118. The van der Waals surface area contributed by atoms with Crippen molar-refractivity contribution in [3.05, 3.63) is 70.3 Å². The van der Waals surface area contributed by atoms with E-state index in [4.69, 9.17) is 4.42 Å². The van der Waals surface area contributed by atoms with Crippen molar-refractivity contribution >= 4 is 11.0 Å². The molecule has 0 saturated heterocycles. The van der Waals surface area contributed by atoms with Crippen molar-refractivity contribution in [1.82, 2.24) is 0 Å². The number of aliphatic hydroxyl groups is 1. The molecule has 0 aliphatic carbocycles. The zero-order valence-electron chi connectivity index (χ0n) is 11.2. The maximum absolute atomic E-state index is 13.4. The minimum absolute atomic E-state index is 0.149. The van der Waals surface area contributed by atoms with Crippen molar-refractivity contribution in [3.63, 3.8) is 0 Å². The van der Waals surface area contributed by atoms with Crippen LogP contribution in [0.25, 0.3) is 22.1 Å². The Morgan fingerprint density at radius 1 is 1.10 bits per heavy atom. The van der Waals surface area contributed by atoms with E-state index < -0.39 is 5.82 Å². The summed E-state index contributed by atoms with van der Waals surface area (Å²) >= 11 is 0. The lowest BCUT2D eigenvalue weighted by molar-refractivity contribution is 0.289. The second kappa shape index (κ2) is 5.50. The summed E-state index contributed by atoms with van der Waals surface area (Å²) in [6, 6.07) is 12.7. The summed E-state index contributed by atoms with van der Waals surface area (Å²) in [6.07, 6.45) is 0.200. The molecule has 4 heteroatoms. The second-order valence-electron chi connectivity index (χ2n) is 4.71. The molecular formula is C17H13FO3. The van der Waals surface area contributed by atoms with Gasteiger partial charge < -0.3 is 9.52 Å². The zero-order valence-corrected chi connectivity index (χ0v) is 11.2. The van der Waals surface area contributed by atoms with E-state index in [0.29, 0.717) is 27.9 Å². The monoisotopic (exact) mass is 284 g/mol. The van der Waals surface area contributed by atoms with Crippen molar-refractivity contribution in [2.75, 3.05) is 6.61 Å². The van der Waals surface area contributed by atoms with Crippen molar-refractivity contribution in [2.45, 2.75) is 6.42 Å². The van der Waals surface area contributed by atoms with Crippen LogP contribution in [0, 0.1) is 5.82 Å². The van der Waals surface area contributed by atoms with E-state index in [-0.39, 0.29) is 18.5 Å². The standard InChI is InChI=1S/C17H13FO3/c18-12-5-3-4-11(10-12)16-15(8-9-19)21-14-7-2-1-6-13(14)17(16)20/h1-7,10,19H,8-9H2. The number of benzene rings is 2. The number of fused-ring (bicyclic) bond motifs is 1. The Labute approximate surface area is 120 Å². The van der Waals surface area contributed by atoms with E-state index in [1.807, 2.05) is 0 Å². The summed E-state index contributed by atoms with van der Waals surface area (Å²) in [5.41, 5.74) is 1.01. The molecule has 106 valence electrons. The molecule has 0 fully saturated rings. The highest BCUT2D eigenvalue weighted by Crippen LogP contribution is 2.25. The molecule has 0 aliphatic rings. The number of aliphatic hydroxyl groups excluding tert-OH is 1. The quantitative estimate of drug-likeness (QED) is 0.804. The topological polar surface area (TPSA) is 50.4 Å². The van der Waals surface area contributed by atoms with Gasteiger partial charge in [0.05, 0.1) is 17.6 Å². The van der Waals surface area contributed by atoms with Crippen molar-refractivity contribution in [1.29, 1.82) is 0 Å². The summed E-state index contributed by atoms with van der Waals surface area (Å²) in [4.78, 5) is 12.7. The third-order valence-corrected chi connectivity index (χ3v) is 3.32. The van der Waals surface area contributed by atoms with Gasteiger partial charge in [-0.3, -0.25) is 4.79 Å². The molecular weight excluding hydrogens is 271 g/mol. The fourth-order valence-electron chi connectivity index (χ4n) is 2.40. The maximum Gasteiger partial charge on any atom is 0.200 e. The summed E-state index contributed by atoms with van der Waals surface area (Å²) in [5.74, 6) is -0.0539. The lowest BCUT2D eigenvalue weighted by Crippen LogP contribution is -2.10. The van der Waals surface area contributed by atoms with Crippen LogP contribution in [0.1, 0.15) is 5.76 Å². The van der Waals surface area contributed by atoms with Crippen molar-refractivity contribution < 1.29 is 13.9 Å². The molecule has 21 heavy (non-hydrogen) atoms. The van der Waals surface area contributed by atoms with Crippen molar-refractivity contribution in [2.24, 2.45) is 0 Å². The Bertz CT molecular complexity index is 852. The summed E-state index contributed by atoms with van der Waals surface area (Å²) in [6.45, 7) is -0.149. The molecule has 2 aromatic carbocycles. The van der Waals surface area contributed by atoms with Gasteiger partial charge in [-0.1, -0.05) is 24.3 Å². The van der Waals surface area contributed by atoms with Crippen LogP contribution in [0.5, 0.6) is 0 Å². The maximum atomic E-state index is 13.4. The van der Waals surface area contributed by atoms with Crippen LogP contribution in [0.3, 0.4) is 0 Å². The van der Waals surface area contributed by atoms with Gasteiger partial charge >= 0.3 is 0 Å². The third kappa shape index (κ3) is 2.45. The summed E-state index contributed by atoms with van der Waals surface area (Å²) in [5, 5.41) is 9.62. The first-order chi connectivity index (χ1) is 10.2. The highest BCUT2D eigenvalue weighted by atomic mass is 19.1. The summed E-state index contributed by atoms with van der Waals surface area (Å²) < 4.78 is 19.2. The third-order valence-electron chi connectivity index (χ3n) is 3.32. The Balaban J connectivity index is 2.36. The molecule has 3 rings (SSSR count). The molecule has 3 nitrogen and oxygen atoms in total. The number of hydrogen-bond acceptors (Lipinski definition) is 3. The predicted molar refractivity (Wildman–Crippen MR) is 78.7 cm³/mol. The fourth-order valence-corrected chi connectivity index (χ4v) is 2.40. The van der Waals surface area contributed by atoms with E-state index >= 15 is 0 Å². The van der Waals surface area contributed by atoms with Gasteiger partial charge in [0.2, 0.25) is 5.43 Å². The molecule has 3 aromatic rings. The Morgan fingerprint density at radius 2 is 1.90 bits per heavy atom. The predicted octanol–water partition coefficient (Wildman–Crippen LogP) is 3.13. The normalized spacial score (nSPS) is 11.0. The average molecular weight is 284 g/mol. The second-order valence-corrected chi connectivity index (χ2v) is 4.71. The van der Waals surface area contributed by atoms with Crippen LogP contribution in [-0.4, -0.2) is 11.7 Å². The minimum atomic E-state index is -0.421. The molecule has 1 heterocycles.